The lowest BCUT2D eigenvalue weighted by molar-refractivity contribution is -0.116. The molecule has 1 aromatic carbocycles. The van der Waals surface area contributed by atoms with E-state index in [1.165, 1.54) is 51.1 Å². The van der Waals surface area contributed by atoms with Crippen LogP contribution in [0.1, 0.15) is 28.0 Å². The number of anilines is 1. The number of hydrogen-bond donors (Lipinski definition) is 1. The molecule has 0 bridgehead atoms. The monoisotopic (exact) mass is 436 g/mol. The fourth-order valence-corrected chi connectivity index (χ4v) is 5.61. The van der Waals surface area contributed by atoms with Crippen molar-refractivity contribution in [3.8, 4) is 11.3 Å². The Kier molecular flexibility index (Phi) is 4.75. The number of rotatable bonds is 4. The Labute approximate surface area is 181 Å². The summed E-state index contributed by atoms with van der Waals surface area (Å²) in [7, 11) is 0. The third-order valence-electron chi connectivity index (χ3n) is 5.61. The third-order valence-corrected chi connectivity index (χ3v) is 7.49. The van der Waals surface area contributed by atoms with Crippen LogP contribution < -0.4 is 10.9 Å². The van der Waals surface area contributed by atoms with E-state index < -0.39 is 0 Å². The molecule has 0 spiro atoms. The molecule has 5 rings (SSSR count). The van der Waals surface area contributed by atoms with Crippen molar-refractivity contribution in [3.05, 3.63) is 61.8 Å². The van der Waals surface area contributed by atoms with Gasteiger partial charge < -0.3 is 5.32 Å². The maximum atomic E-state index is 12.8. The largest absolute Gasteiger partial charge is 0.300 e. The number of nitrogens with one attached hydrogen (secondary N) is 1. The molecule has 8 heteroatoms. The van der Waals surface area contributed by atoms with Crippen molar-refractivity contribution in [2.24, 2.45) is 0 Å². The zero-order chi connectivity index (χ0) is 20.8. The Morgan fingerprint density at radius 3 is 2.93 bits per heavy atom. The van der Waals surface area contributed by atoms with E-state index in [0.717, 1.165) is 34.5 Å². The molecule has 3 heterocycles. The molecule has 3 aromatic heterocycles. The predicted octanol–water partition coefficient (Wildman–Crippen LogP) is 4.33. The number of carbonyl (C=O) groups excluding carboxylic acids is 1. The molecule has 30 heavy (non-hydrogen) atoms. The SMILES string of the molecule is Cc1sc2ncn(CC(=O)Nc3nc(-c4ccc5c(c4)CCC5)cs3)c(=O)c2c1C. The number of thiazole rings is 1. The number of aromatic nitrogens is 3. The fourth-order valence-electron chi connectivity index (χ4n) is 3.89. The summed E-state index contributed by atoms with van der Waals surface area (Å²) >= 11 is 2.88. The topological polar surface area (TPSA) is 76.9 Å². The van der Waals surface area contributed by atoms with Crippen molar-refractivity contribution in [2.45, 2.75) is 39.7 Å². The summed E-state index contributed by atoms with van der Waals surface area (Å²) in [5.41, 5.74) is 5.49. The van der Waals surface area contributed by atoms with Gasteiger partial charge in [0, 0.05) is 15.8 Å². The van der Waals surface area contributed by atoms with Crippen LogP contribution in [0.5, 0.6) is 0 Å². The summed E-state index contributed by atoms with van der Waals surface area (Å²) in [6.07, 6.45) is 4.92. The normalized spacial score (nSPS) is 13.0. The highest BCUT2D eigenvalue weighted by molar-refractivity contribution is 7.18. The number of amides is 1. The van der Waals surface area contributed by atoms with E-state index in [1.54, 1.807) is 0 Å². The highest BCUT2D eigenvalue weighted by atomic mass is 32.1. The van der Waals surface area contributed by atoms with E-state index in [1.807, 2.05) is 19.2 Å². The molecule has 152 valence electrons. The van der Waals surface area contributed by atoms with Gasteiger partial charge in [0.1, 0.15) is 11.4 Å². The summed E-state index contributed by atoms with van der Waals surface area (Å²) in [6, 6.07) is 6.48. The lowest BCUT2D eigenvalue weighted by Gasteiger charge is -2.05. The van der Waals surface area contributed by atoms with Crippen LogP contribution in [0.25, 0.3) is 21.5 Å². The van der Waals surface area contributed by atoms with Gasteiger partial charge in [0.25, 0.3) is 5.56 Å². The number of benzene rings is 1. The first-order valence-electron chi connectivity index (χ1n) is 9.82. The quantitative estimate of drug-likeness (QED) is 0.517. The van der Waals surface area contributed by atoms with Crippen LogP contribution in [0.4, 0.5) is 5.13 Å². The minimum Gasteiger partial charge on any atom is -0.300 e. The first-order chi connectivity index (χ1) is 14.5. The molecule has 1 aliphatic rings. The Balaban J connectivity index is 1.33. The summed E-state index contributed by atoms with van der Waals surface area (Å²) < 4.78 is 1.35. The Hall–Kier alpha value is -2.84. The molecule has 0 aliphatic heterocycles. The molecule has 0 unspecified atom stereocenters. The Morgan fingerprint density at radius 1 is 1.23 bits per heavy atom. The van der Waals surface area contributed by atoms with Crippen LogP contribution in [0, 0.1) is 13.8 Å². The molecule has 1 aliphatic carbocycles. The lowest BCUT2D eigenvalue weighted by Crippen LogP contribution is -2.27. The van der Waals surface area contributed by atoms with Gasteiger partial charge in [-0.2, -0.15) is 0 Å². The fraction of sp³-hybridized carbons (Fsp3) is 0.273. The molecule has 4 aromatic rings. The van der Waals surface area contributed by atoms with Gasteiger partial charge in [-0.15, -0.1) is 22.7 Å². The van der Waals surface area contributed by atoms with Gasteiger partial charge in [-0.05, 0) is 55.9 Å². The van der Waals surface area contributed by atoms with Crippen molar-refractivity contribution < 1.29 is 4.79 Å². The predicted molar refractivity (Wildman–Crippen MR) is 122 cm³/mol. The van der Waals surface area contributed by atoms with Crippen molar-refractivity contribution >= 4 is 43.9 Å². The number of aryl methyl sites for hydroxylation is 4. The molecule has 0 saturated heterocycles. The molecule has 0 saturated carbocycles. The molecule has 6 nitrogen and oxygen atoms in total. The van der Waals surface area contributed by atoms with Crippen molar-refractivity contribution in [1.29, 1.82) is 0 Å². The highest BCUT2D eigenvalue weighted by Gasteiger charge is 2.16. The maximum absolute atomic E-state index is 12.8. The summed E-state index contributed by atoms with van der Waals surface area (Å²) in [4.78, 5) is 36.0. The second-order valence-electron chi connectivity index (χ2n) is 7.56. The zero-order valence-corrected chi connectivity index (χ0v) is 18.3. The maximum Gasteiger partial charge on any atom is 0.262 e. The van der Waals surface area contributed by atoms with Gasteiger partial charge in [0.15, 0.2) is 5.13 Å². The Morgan fingerprint density at radius 2 is 2.07 bits per heavy atom. The average molecular weight is 437 g/mol. The minimum absolute atomic E-state index is 0.0934. The van der Waals surface area contributed by atoms with Gasteiger partial charge in [0.2, 0.25) is 5.91 Å². The van der Waals surface area contributed by atoms with Gasteiger partial charge in [0.05, 0.1) is 17.4 Å². The molecule has 0 radical (unpaired) electrons. The number of hydrogen-bond acceptors (Lipinski definition) is 6. The van der Waals surface area contributed by atoms with Crippen molar-refractivity contribution in [2.75, 3.05) is 5.32 Å². The van der Waals surface area contributed by atoms with E-state index in [0.29, 0.717) is 15.3 Å². The summed E-state index contributed by atoms with van der Waals surface area (Å²) in [6.45, 7) is 3.79. The first kappa shape index (κ1) is 19.1. The van der Waals surface area contributed by atoms with Crippen LogP contribution in [0.3, 0.4) is 0 Å². The van der Waals surface area contributed by atoms with E-state index in [-0.39, 0.29) is 18.0 Å². The van der Waals surface area contributed by atoms with Gasteiger partial charge >= 0.3 is 0 Å². The molecular formula is C22H20N4O2S2. The molecule has 0 atom stereocenters. The standard InChI is InChI=1S/C22H20N4O2S2/c1-12-13(2)30-20-19(12)21(28)26(11-23-20)9-18(27)25-22-24-17(10-29-22)16-7-6-14-4-3-5-15(14)8-16/h6-8,10-11H,3-5,9H2,1-2H3,(H,24,25,27). The minimum atomic E-state index is -0.294. The summed E-state index contributed by atoms with van der Waals surface area (Å²) in [5.74, 6) is -0.294. The van der Waals surface area contributed by atoms with Gasteiger partial charge in [-0.25, -0.2) is 9.97 Å². The second kappa shape index (κ2) is 7.45. The van der Waals surface area contributed by atoms with Crippen LogP contribution in [0.15, 0.2) is 34.7 Å². The van der Waals surface area contributed by atoms with E-state index in [2.05, 4.69) is 33.5 Å². The Bertz CT molecular complexity index is 1350. The van der Waals surface area contributed by atoms with E-state index >= 15 is 0 Å². The van der Waals surface area contributed by atoms with Crippen LogP contribution in [-0.2, 0) is 24.2 Å². The van der Waals surface area contributed by atoms with Crippen LogP contribution >= 0.6 is 22.7 Å². The molecule has 1 amide bonds. The molecular weight excluding hydrogens is 416 g/mol. The first-order valence-corrected chi connectivity index (χ1v) is 11.5. The van der Waals surface area contributed by atoms with Gasteiger partial charge in [-0.3, -0.25) is 14.2 Å². The number of fused-ring (bicyclic) bond motifs is 2. The van der Waals surface area contributed by atoms with E-state index in [9.17, 15) is 9.59 Å². The number of carbonyl (C=O) groups is 1. The van der Waals surface area contributed by atoms with Crippen molar-refractivity contribution in [3.63, 3.8) is 0 Å². The highest BCUT2D eigenvalue weighted by Crippen LogP contribution is 2.30. The van der Waals surface area contributed by atoms with Crippen LogP contribution in [-0.4, -0.2) is 20.4 Å². The lowest BCUT2D eigenvalue weighted by atomic mass is 10.1. The van der Waals surface area contributed by atoms with Crippen molar-refractivity contribution in [1.82, 2.24) is 14.5 Å². The number of nitrogens with zero attached hydrogens (tertiary/aromatic N) is 3. The van der Waals surface area contributed by atoms with Crippen LogP contribution in [0.2, 0.25) is 0 Å². The average Bonchev–Trinajstić information content (AvgIpc) is 3.44. The molecule has 0 fully saturated rings. The zero-order valence-electron chi connectivity index (χ0n) is 16.7. The third kappa shape index (κ3) is 3.36. The van der Waals surface area contributed by atoms with Gasteiger partial charge in [-0.1, -0.05) is 12.1 Å². The second-order valence-corrected chi connectivity index (χ2v) is 9.63. The van der Waals surface area contributed by atoms with E-state index in [4.69, 9.17) is 0 Å². The summed E-state index contributed by atoms with van der Waals surface area (Å²) in [5, 5.41) is 5.89. The number of thiophene rings is 1. The smallest absolute Gasteiger partial charge is 0.262 e. The molecule has 1 N–H and O–H groups in total.